The molecule has 3 rings (SSSR count). The highest BCUT2D eigenvalue weighted by atomic mass is 32.2. The van der Waals surface area contributed by atoms with Crippen LogP contribution in [0.15, 0.2) is 48.5 Å². The predicted octanol–water partition coefficient (Wildman–Crippen LogP) is 3.79. The summed E-state index contributed by atoms with van der Waals surface area (Å²) in [6, 6.07) is 16.5. The monoisotopic (exact) mass is 357 g/mol. The first-order valence-electron chi connectivity index (χ1n) is 8.50. The number of benzene rings is 2. The summed E-state index contributed by atoms with van der Waals surface area (Å²) in [4.78, 5) is 12.1. The number of fused-ring (bicyclic) bond motifs is 1. The molecule has 4 nitrogen and oxygen atoms in total. The van der Waals surface area contributed by atoms with Crippen LogP contribution in [0.2, 0.25) is 0 Å². The maximum absolute atomic E-state index is 12.1. The van der Waals surface area contributed by atoms with Gasteiger partial charge in [0, 0.05) is 11.8 Å². The molecule has 0 unspecified atom stereocenters. The fourth-order valence-electron chi connectivity index (χ4n) is 2.71. The van der Waals surface area contributed by atoms with Crippen LogP contribution < -0.4 is 14.8 Å². The number of carbonyl (C=O) groups excluding carboxylic acids is 1. The van der Waals surface area contributed by atoms with Crippen molar-refractivity contribution in [1.82, 2.24) is 5.32 Å². The Kier molecular flexibility index (Phi) is 6.23. The molecule has 5 heteroatoms. The van der Waals surface area contributed by atoms with Gasteiger partial charge in [0.25, 0.3) is 0 Å². The van der Waals surface area contributed by atoms with Gasteiger partial charge in [-0.05, 0) is 43.0 Å². The smallest absolute Gasteiger partial charge is 0.231 e. The lowest BCUT2D eigenvalue weighted by Gasteiger charge is -2.14. The van der Waals surface area contributed by atoms with Crippen LogP contribution in [-0.2, 0) is 17.0 Å². The number of carbonyl (C=O) groups is 1. The van der Waals surface area contributed by atoms with Gasteiger partial charge in [-0.25, -0.2) is 0 Å². The zero-order valence-corrected chi connectivity index (χ0v) is 15.2. The Labute approximate surface area is 152 Å². The van der Waals surface area contributed by atoms with Crippen molar-refractivity contribution in [3.05, 3.63) is 59.7 Å². The summed E-state index contributed by atoms with van der Waals surface area (Å²) >= 11 is 1.61. The molecule has 1 atom stereocenters. The van der Waals surface area contributed by atoms with Crippen molar-refractivity contribution in [2.24, 2.45) is 0 Å². The molecule has 0 aromatic heterocycles. The molecular formula is C20H23NO3S. The third kappa shape index (κ3) is 5.43. The topological polar surface area (TPSA) is 47.6 Å². The average molecular weight is 357 g/mol. The molecule has 0 saturated carbocycles. The molecular weight excluding hydrogens is 334 g/mol. The van der Waals surface area contributed by atoms with Crippen molar-refractivity contribution in [3.63, 3.8) is 0 Å². The number of thioether (sulfide) groups is 1. The van der Waals surface area contributed by atoms with Crippen molar-refractivity contribution >= 4 is 17.7 Å². The van der Waals surface area contributed by atoms with Gasteiger partial charge in [-0.3, -0.25) is 4.79 Å². The van der Waals surface area contributed by atoms with E-state index in [9.17, 15) is 4.79 Å². The maximum atomic E-state index is 12.1. The Hall–Kier alpha value is -2.14. The van der Waals surface area contributed by atoms with E-state index >= 15 is 0 Å². The number of amides is 1. The van der Waals surface area contributed by atoms with E-state index in [0.717, 1.165) is 35.7 Å². The highest BCUT2D eigenvalue weighted by molar-refractivity contribution is 7.99. The van der Waals surface area contributed by atoms with Crippen molar-refractivity contribution in [3.8, 4) is 11.5 Å². The largest absolute Gasteiger partial charge is 0.454 e. The second kappa shape index (κ2) is 8.81. The van der Waals surface area contributed by atoms with Gasteiger partial charge in [0.15, 0.2) is 11.5 Å². The Morgan fingerprint density at radius 2 is 1.92 bits per heavy atom. The van der Waals surface area contributed by atoms with Crippen LogP contribution in [0, 0.1) is 0 Å². The first kappa shape index (κ1) is 17.7. The number of hydrogen-bond donors (Lipinski definition) is 1. The minimum absolute atomic E-state index is 0.0892. The van der Waals surface area contributed by atoms with E-state index in [-0.39, 0.29) is 18.7 Å². The Morgan fingerprint density at radius 1 is 1.12 bits per heavy atom. The van der Waals surface area contributed by atoms with Crippen LogP contribution in [0.5, 0.6) is 11.5 Å². The van der Waals surface area contributed by atoms with Gasteiger partial charge in [0.1, 0.15) is 0 Å². The lowest BCUT2D eigenvalue weighted by atomic mass is 10.1. The predicted molar refractivity (Wildman–Crippen MR) is 101 cm³/mol. The number of rotatable bonds is 8. The Morgan fingerprint density at radius 3 is 2.76 bits per heavy atom. The highest BCUT2D eigenvalue weighted by Gasteiger charge is 2.13. The normalized spacial score (nSPS) is 13.5. The minimum atomic E-state index is 0.0892. The van der Waals surface area contributed by atoms with Crippen LogP contribution in [0.1, 0.15) is 24.5 Å². The maximum Gasteiger partial charge on any atom is 0.231 e. The summed E-state index contributed by atoms with van der Waals surface area (Å²) in [7, 11) is 0. The van der Waals surface area contributed by atoms with Crippen LogP contribution in [-0.4, -0.2) is 24.5 Å². The average Bonchev–Trinajstić information content (AvgIpc) is 3.08. The van der Waals surface area contributed by atoms with Crippen molar-refractivity contribution in [2.75, 3.05) is 12.5 Å². The number of hydrogen-bond acceptors (Lipinski definition) is 4. The van der Waals surface area contributed by atoms with Gasteiger partial charge >= 0.3 is 0 Å². The molecule has 25 heavy (non-hydrogen) atoms. The molecule has 1 amide bonds. The van der Waals surface area contributed by atoms with Crippen molar-refractivity contribution in [1.29, 1.82) is 0 Å². The second-order valence-corrected chi connectivity index (χ2v) is 7.16. The molecule has 132 valence electrons. The number of nitrogens with one attached hydrogen (secondary N) is 1. The van der Waals surface area contributed by atoms with Crippen molar-refractivity contribution < 1.29 is 14.3 Å². The third-order valence-electron chi connectivity index (χ3n) is 4.06. The second-order valence-electron chi connectivity index (χ2n) is 6.17. The third-order valence-corrected chi connectivity index (χ3v) is 5.06. The highest BCUT2D eigenvalue weighted by Crippen LogP contribution is 2.33. The molecule has 1 heterocycles. The van der Waals surface area contributed by atoms with Crippen LogP contribution >= 0.6 is 11.8 Å². The summed E-state index contributed by atoms with van der Waals surface area (Å²) in [5, 5.41) is 3.07. The molecule has 0 bridgehead atoms. The zero-order valence-electron chi connectivity index (χ0n) is 14.4. The molecule has 0 radical (unpaired) electrons. The first-order chi connectivity index (χ1) is 12.2. The molecule has 0 spiro atoms. The molecule has 0 fully saturated rings. The van der Waals surface area contributed by atoms with E-state index in [1.54, 1.807) is 11.8 Å². The Bertz CT molecular complexity index is 705. The summed E-state index contributed by atoms with van der Waals surface area (Å²) in [6.07, 6.45) is 1.93. The van der Waals surface area contributed by atoms with Gasteiger partial charge in [0.2, 0.25) is 12.7 Å². The first-order valence-corrected chi connectivity index (χ1v) is 9.66. The minimum Gasteiger partial charge on any atom is -0.454 e. The standard InChI is InChI=1S/C20H23NO3S/c1-15(7-8-16-5-3-2-4-6-16)21-20(22)13-25-12-17-9-10-18-19(11-17)24-14-23-18/h2-6,9-11,15H,7-8,12-14H2,1H3,(H,21,22)/t15-/m1/s1. The van der Waals surface area contributed by atoms with Crippen LogP contribution in [0.3, 0.4) is 0 Å². The fraction of sp³-hybridized carbons (Fsp3) is 0.350. The SMILES string of the molecule is C[C@H](CCc1ccccc1)NC(=O)CSCc1ccc2c(c1)OCO2. The summed E-state index contributed by atoms with van der Waals surface area (Å²) in [5.41, 5.74) is 2.44. The lowest BCUT2D eigenvalue weighted by molar-refractivity contribution is -0.119. The van der Waals surface area contributed by atoms with Gasteiger partial charge < -0.3 is 14.8 Å². The van der Waals surface area contributed by atoms with E-state index in [4.69, 9.17) is 9.47 Å². The van der Waals surface area contributed by atoms with Gasteiger partial charge in [0.05, 0.1) is 5.75 Å². The molecule has 1 N–H and O–H groups in total. The molecule has 2 aromatic rings. The van der Waals surface area contributed by atoms with Crippen molar-refractivity contribution in [2.45, 2.75) is 31.6 Å². The Balaban J connectivity index is 1.35. The number of aryl methyl sites for hydroxylation is 1. The van der Waals surface area contributed by atoms with E-state index in [2.05, 4.69) is 24.4 Å². The van der Waals surface area contributed by atoms with E-state index in [1.807, 2.05) is 36.4 Å². The van der Waals surface area contributed by atoms with E-state index in [0.29, 0.717) is 5.75 Å². The molecule has 0 saturated heterocycles. The molecule has 2 aromatic carbocycles. The van der Waals surface area contributed by atoms with Gasteiger partial charge in [-0.1, -0.05) is 36.4 Å². The van der Waals surface area contributed by atoms with E-state index in [1.165, 1.54) is 5.56 Å². The molecule has 1 aliphatic heterocycles. The van der Waals surface area contributed by atoms with Crippen LogP contribution in [0.25, 0.3) is 0 Å². The lowest BCUT2D eigenvalue weighted by Crippen LogP contribution is -2.34. The summed E-state index contributed by atoms with van der Waals surface area (Å²) < 4.78 is 10.7. The molecule has 0 aliphatic carbocycles. The summed E-state index contributed by atoms with van der Waals surface area (Å²) in [6.45, 7) is 2.35. The van der Waals surface area contributed by atoms with E-state index < -0.39 is 0 Å². The molecule has 1 aliphatic rings. The quantitative estimate of drug-likeness (QED) is 0.781. The van der Waals surface area contributed by atoms with Gasteiger partial charge in [-0.2, -0.15) is 0 Å². The summed E-state index contributed by atoms with van der Waals surface area (Å²) in [5.74, 6) is 2.91. The zero-order chi connectivity index (χ0) is 17.5. The van der Waals surface area contributed by atoms with Gasteiger partial charge in [-0.15, -0.1) is 11.8 Å². The fourth-order valence-corrected chi connectivity index (χ4v) is 3.49. The van der Waals surface area contributed by atoms with Crippen LogP contribution in [0.4, 0.5) is 0 Å². The number of ether oxygens (including phenoxy) is 2.